The lowest BCUT2D eigenvalue weighted by atomic mass is 10.0. The number of benzene rings is 2. The van der Waals surface area contributed by atoms with Crippen molar-refractivity contribution < 1.29 is 9.21 Å². The van der Waals surface area contributed by atoms with Crippen molar-refractivity contribution in [3.63, 3.8) is 0 Å². The van der Waals surface area contributed by atoms with E-state index in [2.05, 4.69) is 5.10 Å². The van der Waals surface area contributed by atoms with Crippen molar-refractivity contribution >= 4 is 23.2 Å². The maximum Gasteiger partial charge on any atom is 0.274 e. The maximum absolute atomic E-state index is 13.0. The molecule has 0 saturated heterocycles. The van der Waals surface area contributed by atoms with Gasteiger partial charge in [-0.15, -0.1) is 0 Å². The molecule has 1 aliphatic rings. The van der Waals surface area contributed by atoms with Gasteiger partial charge >= 0.3 is 0 Å². The second-order valence-corrected chi connectivity index (χ2v) is 6.25. The molecule has 1 unspecified atom stereocenters. The Balaban J connectivity index is 1.73. The first kappa shape index (κ1) is 15.7. The molecular formula is C20H15ClN2O2. The van der Waals surface area contributed by atoms with Crippen molar-refractivity contribution in [2.24, 2.45) is 5.10 Å². The average molecular weight is 351 g/mol. The molecule has 4 rings (SSSR count). The monoisotopic (exact) mass is 350 g/mol. The number of rotatable bonds is 3. The van der Waals surface area contributed by atoms with Crippen LogP contribution >= 0.6 is 11.6 Å². The Labute approximate surface area is 150 Å². The molecule has 2 heterocycles. The van der Waals surface area contributed by atoms with Gasteiger partial charge in [0.2, 0.25) is 0 Å². The van der Waals surface area contributed by atoms with Crippen molar-refractivity contribution in [1.82, 2.24) is 5.01 Å². The van der Waals surface area contributed by atoms with Gasteiger partial charge in [0, 0.05) is 17.0 Å². The molecule has 3 aromatic rings. The highest BCUT2D eigenvalue weighted by Crippen LogP contribution is 2.34. The third-order valence-corrected chi connectivity index (χ3v) is 4.42. The van der Waals surface area contributed by atoms with Crippen LogP contribution in [-0.2, 0) is 0 Å². The van der Waals surface area contributed by atoms with E-state index in [9.17, 15) is 4.79 Å². The number of nitrogens with zero attached hydrogens (tertiary/aromatic N) is 2. The molecule has 0 aliphatic carbocycles. The highest BCUT2D eigenvalue weighted by Gasteiger charge is 2.34. The van der Waals surface area contributed by atoms with Gasteiger partial charge < -0.3 is 4.42 Å². The van der Waals surface area contributed by atoms with Crippen LogP contribution in [0.1, 0.15) is 34.1 Å². The van der Waals surface area contributed by atoms with Gasteiger partial charge in [-0.3, -0.25) is 4.79 Å². The van der Waals surface area contributed by atoms with Crippen molar-refractivity contribution in [2.75, 3.05) is 0 Å². The molecule has 4 nitrogen and oxygen atoms in total. The highest BCUT2D eigenvalue weighted by atomic mass is 35.5. The van der Waals surface area contributed by atoms with Gasteiger partial charge in [0.15, 0.2) is 0 Å². The predicted molar refractivity (Wildman–Crippen MR) is 96.7 cm³/mol. The summed E-state index contributed by atoms with van der Waals surface area (Å²) in [6.45, 7) is 0. The summed E-state index contributed by atoms with van der Waals surface area (Å²) in [5.74, 6) is 0.500. The summed E-state index contributed by atoms with van der Waals surface area (Å²) in [6, 6.07) is 20.3. The Kier molecular flexibility index (Phi) is 4.12. The zero-order valence-corrected chi connectivity index (χ0v) is 14.1. The maximum atomic E-state index is 13.0. The molecule has 0 radical (unpaired) electrons. The Morgan fingerprint density at radius 1 is 1.08 bits per heavy atom. The normalized spacial score (nSPS) is 16.8. The van der Waals surface area contributed by atoms with E-state index in [-0.39, 0.29) is 11.9 Å². The lowest BCUT2D eigenvalue weighted by molar-refractivity contribution is 0.0711. The molecule has 2 aromatic carbocycles. The van der Waals surface area contributed by atoms with E-state index < -0.39 is 0 Å². The van der Waals surface area contributed by atoms with Crippen LogP contribution in [0.4, 0.5) is 0 Å². The van der Waals surface area contributed by atoms with Crippen LogP contribution in [0.25, 0.3) is 0 Å². The lowest BCUT2D eigenvalue weighted by Gasteiger charge is -2.22. The first-order chi connectivity index (χ1) is 12.2. The Morgan fingerprint density at radius 2 is 1.92 bits per heavy atom. The van der Waals surface area contributed by atoms with Crippen LogP contribution in [-0.4, -0.2) is 16.6 Å². The summed E-state index contributed by atoms with van der Waals surface area (Å²) >= 11 is 6.04. The van der Waals surface area contributed by atoms with Crippen molar-refractivity contribution in [1.29, 1.82) is 0 Å². The molecule has 1 amide bonds. The molecule has 1 atom stereocenters. The number of hydrogen-bond acceptors (Lipinski definition) is 3. The smallest absolute Gasteiger partial charge is 0.274 e. The number of hydrazone groups is 1. The van der Waals surface area contributed by atoms with Crippen LogP contribution in [0, 0.1) is 0 Å². The van der Waals surface area contributed by atoms with Crippen molar-refractivity contribution in [2.45, 2.75) is 12.5 Å². The molecule has 0 fully saturated rings. The number of halogens is 1. The van der Waals surface area contributed by atoms with E-state index in [4.69, 9.17) is 16.0 Å². The Hall–Kier alpha value is -2.85. The summed E-state index contributed by atoms with van der Waals surface area (Å²) < 4.78 is 5.46. The number of furan rings is 1. The van der Waals surface area contributed by atoms with Gasteiger partial charge in [-0.25, -0.2) is 5.01 Å². The minimum atomic E-state index is -0.182. The van der Waals surface area contributed by atoms with Crippen molar-refractivity contribution in [3.05, 3.63) is 94.9 Å². The number of carbonyl (C=O) groups excluding carboxylic acids is 1. The molecule has 0 N–H and O–H groups in total. The summed E-state index contributed by atoms with van der Waals surface area (Å²) in [7, 11) is 0. The van der Waals surface area contributed by atoms with Crippen LogP contribution < -0.4 is 0 Å². The van der Waals surface area contributed by atoms with Gasteiger partial charge in [0.05, 0.1) is 12.3 Å². The Bertz CT molecular complexity index is 920. The van der Waals surface area contributed by atoms with Crippen molar-refractivity contribution in [3.8, 4) is 0 Å². The SMILES string of the molecule is O=C(c1cccc(Cl)c1)N1N=C(c2ccco2)CC1c1ccccc1. The van der Waals surface area contributed by atoms with Gasteiger partial charge in [0.1, 0.15) is 11.5 Å². The van der Waals surface area contributed by atoms with Crippen LogP contribution in [0.15, 0.2) is 82.5 Å². The fourth-order valence-electron chi connectivity index (χ4n) is 2.98. The number of hydrogen-bond donors (Lipinski definition) is 0. The third-order valence-electron chi connectivity index (χ3n) is 4.18. The zero-order valence-electron chi connectivity index (χ0n) is 13.3. The average Bonchev–Trinajstić information content (AvgIpc) is 3.31. The van der Waals surface area contributed by atoms with Gasteiger partial charge in [0.25, 0.3) is 5.91 Å². The molecule has 25 heavy (non-hydrogen) atoms. The van der Waals surface area contributed by atoms with E-state index in [0.717, 1.165) is 11.3 Å². The fraction of sp³-hybridized carbons (Fsp3) is 0.100. The molecule has 1 aliphatic heterocycles. The molecule has 124 valence electrons. The standard InChI is InChI=1S/C20H15ClN2O2/c21-16-9-4-8-15(12-16)20(24)23-18(14-6-2-1-3-7-14)13-17(22-23)19-10-5-11-25-19/h1-12,18H,13H2. The van der Waals surface area contributed by atoms with Crippen LogP contribution in [0.2, 0.25) is 5.02 Å². The van der Waals surface area contributed by atoms with E-state index in [1.165, 1.54) is 5.01 Å². The topological polar surface area (TPSA) is 45.8 Å². The molecular weight excluding hydrogens is 336 g/mol. The first-order valence-corrected chi connectivity index (χ1v) is 8.35. The van der Waals surface area contributed by atoms with E-state index >= 15 is 0 Å². The van der Waals surface area contributed by atoms with Crippen LogP contribution in [0.3, 0.4) is 0 Å². The summed E-state index contributed by atoms with van der Waals surface area (Å²) in [5.41, 5.74) is 2.30. The summed E-state index contributed by atoms with van der Waals surface area (Å²) in [5, 5.41) is 6.61. The second kappa shape index (κ2) is 6.57. The van der Waals surface area contributed by atoms with E-state index in [1.54, 1.807) is 30.5 Å². The summed E-state index contributed by atoms with van der Waals surface area (Å²) in [4.78, 5) is 13.0. The largest absolute Gasteiger partial charge is 0.463 e. The zero-order chi connectivity index (χ0) is 17.2. The second-order valence-electron chi connectivity index (χ2n) is 5.81. The quantitative estimate of drug-likeness (QED) is 0.672. The molecule has 0 saturated carbocycles. The molecule has 0 bridgehead atoms. The minimum absolute atomic E-state index is 0.173. The fourth-order valence-corrected chi connectivity index (χ4v) is 3.17. The lowest BCUT2D eigenvalue weighted by Crippen LogP contribution is -2.27. The highest BCUT2D eigenvalue weighted by molar-refractivity contribution is 6.31. The molecule has 1 aromatic heterocycles. The predicted octanol–water partition coefficient (Wildman–Crippen LogP) is 4.92. The molecule has 5 heteroatoms. The first-order valence-electron chi connectivity index (χ1n) is 7.98. The minimum Gasteiger partial charge on any atom is -0.463 e. The van der Waals surface area contributed by atoms with Gasteiger partial charge in [-0.05, 0) is 35.9 Å². The third kappa shape index (κ3) is 3.08. The number of amides is 1. The van der Waals surface area contributed by atoms with Gasteiger partial charge in [-0.1, -0.05) is 48.0 Å². The molecule has 0 spiro atoms. The van der Waals surface area contributed by atoms with E-state index in [1.807, 2.05) is 42.5 Å². The van der Waals surface area contributed by atoms with E-state index in [0.29, 0.717) is 22.8 Å². The van der Waals surface area contributed by atoms with Gasteiger partial charge in [-0.2, -0.15) is 5.10 Å². The van der Waals surface area contributed by atoms with Crippen LogP contribution in [0.5, 0.6) is 0 Å². The Morgan fingerprint density at radius 3 is 2.64 bits per heavy atom. The summed E-state index contributed by atoms with van der Waals surface area (Å²) in [6.07, 6.45) is 2.21. The number of carbonyl (C=O) groups is 1.